The predicted octanol–water partition coefficient (Wildman–Crippen LogP) is 3.28. The topological polar surface area (TPSA) is 76.8 Å². The fourth-order valence-electron chi connectivity index (χ4n) is 3.53. The maximum absolute atomic E-state index is 14.4. The molecule has 4 rings (SSSR count). The fourth-order valence-corrected chi connectivity index (χ4v) is 3.53. The Balaban J connectivity index is 1.67. The van der Waals surface area contributed by atoms with Crippen molar-refractivity contribution in [2.75, 3.05) is 6.54 Å². The molecule has 0 N–H and O–H groups in total. The van der Waals surface area contributed by atoms with Crippen LogP contribution in [0.2, 0.25) is 0 Å². The van der Waals surface area contributed by atoms with Crippen LogP contribution in [0, 0.1) is 12.7 Å². The molecule has 1 atom stereocenters. The summed E-state index contributed by atoms with van der Waals surface area (Å²) in [6.45, 7) is 3.57. The first-order valence-corrected chi connectivity index (χ1v) is 9.09. The van der Waals surface area contributed by atoms with Crippen LogP contribution in [0.3, 0.4) is 0 Å². The van der Waals surface area contributed by atoms with Crippen molar-refractivity contribution in [1.82, 2.24) is 29.9 Å². The minimum Gasteiger partial charge on any atom is -0.330 e. The number of hydrogen-bond donors (Lipinski definition) is 0. The Morgan fingerprint density at radius 2 is 2.00 bits per heavy atom. The molecule has 1 aliphatic heterocycles. The Morgan fingerprint density at radius 1 is 1.23 bits per heavy atom. The number of benzene rings is 1. The van der Waals surface area contributed by atoms with Gasteiger partial charge in [-0.25, -0.2) is 14.4 Å². The highest BCUT2D eigenvalue weighted by Crippen LogP contribution is 2.34. The van der Waals surface area contributed by atoms with Crippen molar-refractivity contribution in [2.45, 2.75) is 32.5 Å². The molecule has 0 aliphatic carbocycles. The molecule has 0 saturated heterocycles. The highest BCUT2D eigenvalue weighted by Gasteiger charge is 2.38. The summed E-state index contributed by atoms with van der Waals surface area (Å²) in [5.74, 6) is -1.33. The SMILES string of the molecule is Cc1nccc(-n2nnc3c2CCN(C(=O)c2cccc(C(F)(F)F)c2F)C3C)n1. The summed E-state index contributed by atoms with van der Waals surface area (Å²) in [4.78, 5) is 22.5. The predicted molar refractivity (Wildman–Crippen MR) is 96.2 cm³/mol. The third kappa shape index (κ3) is 3.29. The van der Waals surface area contributed by atoms with Crippen LogP contribution in [0.4, 0.5) is 17.6 Å². The van der Waals surface area contributed by atoms with Crippen LogP contribution in [0.25, 0.3) is 5.82 Å². The number of alkyl halides is 3. The average molecular weight is 420 g/mol. The van der Waals surface area contributed by atoms with Crippen LogP contribution >= 0.6 is 0 Å². The van der Waals surface area contributed by atoms with Crippen LogP contribution in [-0.4, -0.2) is 42.3 Å². The van der Waals surface area contributed by atoms with E-state index in [0.29, 0.717) is 29.8 Å². The number of aryl methyl sites for hydroxylation is 1. The number of fused-ring (bicyclic) bond motifs is 1. The van der Waals surface area contributed by atoms with Crippen molar-refractivity contribution in [3.8, 4) is 5.82 Å². The monoisotopic (exact) mass is 420 g/mol. The van der Waals surface area contributed by atoms with Gasteiger partial charge in [0.15, 0.2) is 5.82 Å². The lowest BCUT2D eigenvalue weighted by molar-refractivity contribution is -0.140. The highest BCUT2D eigenvalue weighted by atomic mass is 19.4. The molecule has 11 heteroatoms. The fraction of sp³-hybridized carbons (Fsp3) is 0.316. The molecule has 0 spiro atoms. The molecule has 0 radical (unpaired) electrons. The zero-order valence-electron chi connectivity index (χ0n) is 16.0. The molecule has 0 fully saturated rings. The normalized spacial score (nSPS) is 16.5. The van der Waals surface area contributed by atoms with Gasteiger partial charge in [0.1, 0.15) is 17.3 Å². The van der Waals surface area contributed by atoms with Gasteiger partial charge in [-0.3, -0.25) is 4.79 Å². The average Bonchev–Trinajstić information content (AvgIpc) is 3.12. The number of rotatable bonds is 2. The molecule has 2 aromatic heterocycles. The summed E-state index contributed by atoms with van der Waals surface area (Å²) in [5.41, 5.74) is -0.880. The van der Waals surface area contributed by atoms with E-state index < -0.39 is 35.1 Å². The highest BCUT2D eigenvalue weighted by molar-refractivity contribution is 5.95. The van der Waals surface area contributed by atoms with Crippen molar-refractivity contribution < 1.29 is 22.4 Å². The van der Waals surface area contributed by atoms with Gasteiger partial charge >= 0.3 is 6.18 Å². The van der Waals surface area contributed by atoms with E-state index in [0.717, 1.165) is 17.8 Å². The van der Waals surface area contributed by atoms with E-state index in [-0.39, 0.29) is 6.54 Å². The molecule has 7 nitrogen and oxygen atoms in total. The zero-order chi connectivity index (χ0) is 21.6. The second kappa shape index (κ2) is 7.15. The van der Waals surface area contributed by atoms with E-state index in [1.54, 1.807) is 30.8 Å². The number of hydrogen-bond acceptors (Lipinski definition) is 5. The molecular weight excluding hydrogens is 404 g/mol. The molecule has 1 aromatic carbocycles. The second-order valence-corrected chi connectivity index (χ2v) is 6.88. The van der Waals surface area contributed by atoms with Crippen molar-refractivity contribution >= 4 is 5.91 Å². The van der Waals surface area contributed by atoms with Gasteiger partial charge in [0.25, 0.3) is 5.91 Å². The van der Waals surface area contributed by atoms with E-state index in [1.807, 2.05) is 0 Å². The Morgan fingerprint density at radius 3 is 2.70 bits per heavy atom. The van der Waals surface area contributed by atoms with E-state index in [1.165, 1.54) is 4.90 Å². The molecular formula is C19H16F4N6O. The maximum Gasteiger partial charge on any atom is 0.419 e. The van der Waals surface area contributed by atoms with E-state index in [9.17, 15) is 22.4 Å². The molecule has 1 unspecified atom stereocenters. The summed E-state index contributed by atoms with van der Waals surface area (Å²) in [6.07, 6.45) is -2.97. The van der Waals surface area contributed by atoms with Gasteiger partial charge in [0.2, 0.25) is 0 Å². The Bertz CT molecular complexity index is 1130. The molecule has 1 aliphatic rings. The summed E-state index contributed by atoms with van der Waals surface area (Å²) in [6, 6.07) is 3.75. The third-order valence-electron chi connectivity index (χ3n) is 5.02. The lowest BCUT2D eigenvalue weighted by Gasteiger charge is -2.32. The van der Waals surface area contributed by atoms with Crippen LogP contribution < -0.4 is 0 Å². The number of halogens is 4. The number of nitrogens with zero attached hydrogens (tertiary/aromatic N) is 6. The lowest BCUT2D eigenvalue weighted by Crippen LogP contribution is -2.40. The van der Waals surface area contributed by atoms with Gasteiger partial charge < -0.3 is 4.90 Å². The smallest absolute Gasteiger partial charge is 0.330 e. The molecule has 3 aromatic rings. The molecule has 30 heavy (non-hydrogen) atoms. The van der Waals surface area contributed by atoms with Crippen LogP contribution in [0.15, 0.2) is 30.5 Å². The standard InChI is InChI=1S/C19H16F4N6O/c1-10-17-14(29(27-26-17)15-6-8-24-11(2)25-15)7-9-28(10)18(30)12-4-3-5-13(16(12)20)19(21,22)23/h3-6,8,10H,7,9H2,1-2H3. The van der Waals surface area contributed by atoms with Crippen molar-refractivity contribution in [3.63, 3.8) is 0 Å². The number of aromatic nitrogens is 5. The van der Waals surface area contributed by atoms with Crippen molar-refractivity contribution in [3.05, 3.63) is 64.6 Å². The Kier molecular flexibility index (Phi) is 4.75. The molecule has 156 valence electrons. The second-order valence-electron chi connectivity index (χ2n) is 6.88. The molecule has 3 heterocycles. The maximum atomic E-state index is 14.4. The van der Waals surface area contributed by atoms with Crippen LogP contribution in [0.5, 0.6) is 0 Å². The zero-order valence-corrected chi connectivity index (χ0v) is 16.0. The lowest BCUT2D eigenvalue weighted by atomic mass is 10.0. The van der Waals surface area contributed by atoms with Crippen molar-refractivity contribution in [1.29, 1.82) is 0 Å². The van der Waals surface area contributed by atoms with Gasteiger partial charge in [-0.05, 0) is 26.0 Å². The minimum absolute atomic E-state index is 0.167. The Labute approximate surface area is 168 Å². The van der Waals surface area contributed by atoms with Gasteiger partial charge in [-0.1, -0.05) is 11.3 Å². The first-order chi connectivity index (χ1) is 14.2. The number of amides is 1. The number of carbonyl (C=O) groups is 1. The largest absolute Gasteiger partial charge is 0.419 e. The summed E-state index contributed by atoms with van der Waals surface area (Å²) in [7, 11) is 0. The summed E-state index contributed by atoms with van der Waals surface area (Å²) < 4.78 is 55.0. The van der Waals surface area contributed by atoms with E-state index in [2.05, 4.69) is 20.3 Å². The molecule has 0 bridgehead atoms. The third-order valence-corrected chi connectivity index (χ3v) is 5.02. The van der Waals surface area contributed by atoms with Gasteiger partial charge in [0.05, 0.1) is 22.9 Å². The van der Waals surface area contributed by atoms with E-state index >= 15 is 0 Å². The number of carbonyl (C=O) groups excluding carboxylic acids is 1. The van der Waals surface area contributed by atoms with Crippen LogP contribution in [-0.2, 0) is 12.6 Å². The summed E-state index contributed by atoms with van der Waals surface area (Å²) >= 11 is 0. The van der Waals surface area contributed by atoms with Gasteiger partial charge in [0, 0.05) is 25.2 Å². The quantitative estimate of drug-likeness (QED) is 0.595. The first-order valence-electron chi connectivity index (χ1n) is 9.09. The van der Waals surface area contributed by atoms with E-state index in [4.69, 9.17) is 0 Å². The van der Waals surface area contributed by atoms with Crippen LogP contribution in [0.1, 0.15) is 46.1 Å². The van der Waals surface area contributed by atoms with Crippen molar-refractivity contribution in [2.24, 2.45) is 0 Å². The van der Waals surface area contributed by atoms with Gasteiger partial charge in [-0.15, -0.1) is 5.10 Å². The molecule has 0 saturated carbocycles. The first kappa shape index (κ1) is 19.9. The van der Waals surface area contributed by atoms with Gasteiger partial charge in [-0.2, -0.15) is 17.9 Å². The Hall–Kier alpha value is -3.37. The minimum atomic E-state index is -4.89. The molecule has 1 amide bonds. The summed E-state index contributed by atoms with van der Waals surface area (Å²) in [5, 5.41) is 8.24.